The van der Waals surface area contributed by atoms with Crippen LogP contribution in [-0.2, 0) is 9.53 Å². The van der Waals surface area contributed by atoms with Crippen molar-refractivity contribution in [2.45, 2.75) is 18.6 Å². The van der Waals surface area contributed by atoms with Crippen molar-refractivity contribution in [2.24, 2.45) is 0 Å². The lowest BCUT2D eigenvalue weighted by Crippen LogP contribution is -2.35. The van der Waals surface area contributed by atoms with E-state index in [0.29, 0.717) is 18.7 Å². The molecular formula is C12H16N2O3. The monoisotopic (exact) mass is 236 g/mol. The van der Waals surface area contributed by atoms with Crippen molar-refractivity contribution in [1.82, 2.24) is 5.32 Å². The SMILES string of the molecule is COC1CNC(C(=O)Nc2ccc(O)cc2)C1. The minimum Gasteiger partial charge on any atom is -0.508 e. The van der Waals surface area contributed by atoms with E-state index in [4.69, 9.17) is 9.84 Å². The summed E-state index contributed by atoms with van der Waals surface area (Å²) in [5, 5.41) is 15.0. The first-order chi connectivity index (χ1) is 8.19. The van der Waals surface area contributed by atoms with Crippen molar-refractivity contribution in [1.29, 1.82) is 0 Å². The number of phenols is 1. The Kier molecular flexibility index (Phi) is 3.61. The molecule has 1 heterocycles. The highest BCUT2D eigenvalue weighted by molar-refractivity contribution is 5.95. The van der Waals surface area contributed by atoms with Gasteiger partial charge in [-0.05, 0) is 30.7 Å². The summed E-state index contributed by atoms with van der Waals surface area (Å²) in [6, 6.07) is 6.19. The van der Waals surface area contributed by atoms with E-state index in [-0.39, 0.29) is 23.8 Å². The molecule has 1 amide bonds. The van der Waals surface area contributed by atoms with Gasteiger partial charge in [0.25, 0.3) is 0 Å². The van der Waals surface area contributed by atoms with Gasteiger partial charge in [-0.25, -0.2) is 0 Å². The van der Waals surface area contributed by atoms with Gasteiger partial charge in [-0.3, -0.25) is 4.79 Å². The van der Waals surface area contributed by atoms with Crippen LogP contribution in [0.2, 0.25) is 0 Å². The Hall–Kier alpha value is -1.59. The predicted octanol–water partition coefficient (Wildman–Crippen LogP) is 0.708. The second-order valence-electron chi connectivity index (χ2n) is 4.09. The molecule has 0 saturated carbocycles. The highest BCUT2D eigenvalue weighted by Crippen LogP contribution is 2.16. The molecule has 17 heavy (non-hydrogen) atoms. The minimum absolute atomic E-state index is 0.0739. The molecule has 2 rings (SSSR count). The van der Waals surface area contributed by atoms with Crippen molar-refractivity contribution in [3.63, 3.8) is 0 Å². The lowest BCUT2D eigenvalue weighted by Gasteiger charge is -2.11. The van der Waals surface area contributed by atoms with Gasteiger partial charge in [0.15, 0.2) is 0 Å². The molecule has 3 N–H and O–H groups in total. The summed E-state index contributed by atoms with van der Waals surface area (Å²) in [6.07, 6.45) is 0.783. The van der Waals surface area contributed by atoms with E-state index in [2.05, 4.69) is 10.6 Å². The number of rotatable bonds is 3. The second kappa shape index (κ2) is 5.16. The molecule has 0 radical (unpaired) electrons. The lowest BCUT2D eigenvalue weighted by atomic mass is 10.2. The molecule has 0 bridgehead atoms. The molecule has 0 spiro atoms. The lowest BCUT2D eigenvalue weighted by molar-refractivity contribution is -0.118. The molecule has 0 aliphatic carbocycles. The number of hydrogen-bond donors (Lipinski definition) is 3. The number of carbonyl (C=O) groups is 1. The number of nitrogens with one attached hydrogen (secondary N) is 2. The zero-order valence-electron chi connectivity index (χ0n) is 9.64. The molecule has 1 aliphatic rings. The number of phenolic OH excluding ortho intramolecular Hbond substituents is 1. The molecule has 0 aromatic heterocycles. The summed E-state index contributed by atoms with van der Waals surface area (Å²) >= 11 is 0. The van der Waals surface area contributed by atoms with Gasteiger partial charge in [0.2, 0.25) is 5.91 Å². The summed E-state index contributed by atoms with van der Waals surface area (Å²) in [5.74, 6) is 0.108. The Labute approximate surface area is 99.8 Å². The average Bonchev–Trinajstić information content (AvgIpc) is 2.81. The van der Waals surface area contributed by atoms with E-state index < -0.39 is 0 Å². The fourth-order valence-corrected chi connectivity index (χ4v) is 1.86. The number of anilines is 1. The van der Waals surface area contributed by atoms with Crippen LogP contribution in [0.5, 0.6) is 5.75 Å². The summed E-state index contributed by atoms with van der Waals surface area (Å²) in [7, 11) is 1.65. The first-order valence-corrected chi connectivity index (χ1v) is 5.55. The summed E-state index contributed by atoms with van der Waals surface area (Å²) in [6.45, 7) is 0.699. The third kappa shape index (κ3) is 2.95. The minimum atomic E-state index is -0.214. The molecule has 1 aromatic carbocycles. The topological polar surface area (TPSA) is 70.6 Å². The van der Waals surface area contributed by atoms with Crippen LogP contribution in [0.15, 0.2) is 24.3 Å². The van der Waals surface area contributed by atoms with Crippen molar-refractivity contribution in [3.05, 3.63) is 24.3 Å². The third-order valence-corrected chi connectivity index (χ3v) is 2.88. The zero-order chi connectivity index (χ0) is 12.3. The Morgan fingerprint density at radius 2 is 2.18 bits per heavy atom. The Bertz CT molecular complexity index is 391. The smallest absolute Gasteiger partial charge is 0.241 e. The third-order valence-electron chi connectivity index (χ3n) is 2.88. The molecular weight excluding hydrogens is 220 g/mol. The number of hydrogen-bond acceptors (Lipinski definition) is 4. The van der Waals surface area contributed by atoms with Crippen LogP contribution < -0.4 is 10.6 Å². The molecule has 92 valence electrons. The predicted molar refractivity (Wildman–Crippen MR) is 63.9 cm³/mol. The van der Waals surface area contributed by atoms with Gasteiger partial charge in [0, 0.05) is 19.3 Å². The Morgan fingerprint density at radius 3 is 2.76 bits per heavy atom. The average molecular weight is 236 g/mol. The van der Waals surface area contributed by atoms with Crippen LogP contribution in [0.1, 0.15) is 6.42 Å². The van der Waals surface area contributed by atoms with Gasteiger partial charge in [0.05, 0.1) is 12.1 Å². The van der Waals surface area contributed by atoms with Crippen LogP contribution in [0.3, 0.4) is 0 Å². The van der Waals surface area contributed by atoms with E-state index in [0.717, 1.165) is 0 Å². The van der Waals surface area contributed by atoms with Gasteiger partial charge in [0.1, 0.15) is 5.75 Å². The summed E-state index contributed by atoms with van der Waals surface area (Å²) in [4.78, 5) is 11.9. The molecule has 1 aliphatic heterocycles. The van der Waals surface area contributed by atoms with Crippen molar-refractivity contribution in [3.8, 4) is 5.75 Å². The standard InChI is InChI=1S/C12H16N2O3/c1-17-10-6-11(13-7-10)12(16)14-8-2-4-9(15)5-3-8/h2-5,10-11,13,15H,6-7H2,1H3,(H,14,16). The number of amides is 1. The second-order valence-corrected chi connectivity index (χ2v) is 4.09. The van der Waals surface area contributed by atoms with Gasteiger partial charge in [-0.2, -0.15) is 0 Å². The zero-order valence-corrected chi connectivity index (χ0v) is 9.64. The van der Waals surface area contributed by atoms with Gasteiger partial charge in [-0.15, -0.1) is 0 Å². The first-order valence-electron chi connectivity index (χ1n) is 5.55. The Balaban J connectivity index is 1.91. The fourth-order valence-electron chi connectivity index (χ4n) is 1.86. The maximum atomic E-state index is 11.9. The molecule has 5 heteroatoms. The van der Waals surface area contributed by atoms with Crippen molar-refractivity contribution >= 4 is 11.6 Å². The highest BCUT2D eigenvalue weighted by Gasteiger charge is 2.29. The molecule has 2 unspecified atom stereocenters. The molecule has 1 saturated heterocycles. The van der Waals surface area contributed by atoms with E-state index in [9.17, 15) is 4.79 Å². The van der Waals surface area contributed by atoms with Crippen LogP contribution in [-0.4, -0.2) is 36.8 Å². The normalized spacial score (nSPS) is 23.6. The summed E-state index contributed by atoms with van der Waals surface area (Å²) < 4.78 is 5.18. The van der Waals surface area contributed by atoms with Crippen LogP contribution in [0.25, 0.3) is 0 Å². The van der Waals surface area contributed by atoms with Crippen LogP contribution >= 0.6 is 0 Å². The van der Waals surface area contributed by atoms with E-state index in [1.807, 2.05) is 0 Å². The van der Waals surface area contributed by atoms with E-state index in [1.54, 1.807) is 19.2 Å². The largest absolute Gasteiger partial charge is 0.508 e. The maximum absolute atomic E-state index is 11.9. The van der Waals surface area contributed by atoms with Gasteiger partial charge < -0.3 is 20.5 Å². The Morgan fingerprint density at radius 1 is 1.47 bits per heavy atom. The van der Waals surface area contributed by atoms with Crippen LogP contribution in [0, 0.1) is 0 Å². The first kappa shape index (κ1) is 11.9. The number of aromatic hydroxyl groups is 1. The molecule has 1 aromatic rings. The fraction of sp³-hybridized carbons (Fsp3) is 0.417. The van der Waals surface area contributed by atoms with Crippen LogP contribution in [0.4, 0.5) is 5.69 Å². The molecule has 2 atom stereocenters. The number of ether oxygens (including phenoxy) is 1. The molecule has 5 nitrogen and oxygen atoms in total. The number of carbonyl (C=O) groups excluding carboxylic acids is 1. The summed E-state index contributed by atoms with van der Waals surface area (Å²) in [5.41, 5.74) is 0.676. The number of methoxy groups -OCH3 is 1. The van der Waals surface area contributed by atoms with E-state index >= 15 is 0 Å². The maximum Gasteiger partial charge on any atom is 0.241 e. The van der Waals surface area contributed by atoms with Crippen molar-refractivity contribution < 1.29 is 14.6 Å². The molecule has 1 fully saturated rings. The van der Waals surface area contributed by atoms with E-state index in [1.165, 1.54) is 12.1 Å². The quantitative estimate of drug-likeness (QED) is 0.676. The van der Waals surface area contributed by atoms with Gasteiger partial charge in [-0.1, -0.05) is 0 Å². The van der Waals surface area contributed by atoms with Gasteiger partial charge >= 0.3 is 0 Å². The number of benzene rings is 1. The van der Waals surface area contributed by atoms with Crippen molar-refractivity contribution in [2.75, 3.05) is 19.0 Å². The highest BCUT2D eigenvalue weighted by atomic mass is 16.5.